The zero-order valence-electron chi connectivity index (χ0n) is 7.37. The summed E-state index contributed by atoms with van der Waals surface area (Å²) in [6.07, 6.45) is 0. The second kappa shape index (κ2) is 3.42. The van der Waals surface area contributed by atoms with Crippen molar-refractivity contribution in [1.82, 2.24) is 9.97 Å². The summed E-state index contributed by atoms with van der Waals surface area (Å²) in [6, 6.07) is 5.54. The number of nitrogens with one attached hydrogen (secondary N) is 1. The van der Waals surface area contributed by atoms with Crippen LogP contribution in [0.5, 0.6) is 0 Å². The molecule has 5 heteroatoms. The van der Waals surface area contributed by atoms with E-state index in [-0.39, 0.29) is 5.82 Å². The molecule has 0 spiro atoms. The van der Waals surface area contributed by atoms with Crippen molar-refractivity contribution >= 4 is 32.9 Å². The highest BCUT2D eigenvalue weighted by molar-refractivity contribution is 9.10. The third-order valence-electron chi connectivity index (χ3n) is 1.82. The summed E-state index contributed by atoms with van der Waals surface area (Å²) in [7, 11) is 1.32. The lowest BCUT2D eigenvalue weighted by Crippen LogP contribution is -2.02. The van der Waals surface area contributed by atoms with Crippen LogP contribution in [-0.2, 0) is 4.74 Å². The van der Waals surface area contributed by atoms with Crippen LogP contribution >= 0.6 is 15.9 Å². The second-order valence-corrected chi connectivity index (χ2v) is 3.65. The summed E-state index contributed by atoms with van der Waals surface area (Å²) in [4.78, 5) is 18.1. The molecule has 2 aromatic rings. The van der Waals surface area contributed by atoms with E-state index in [1.54, 1.807) is 0 Å². The van der Waals surface area contributed by atoms with E-state index in [0.717, 1.165) is 15.5 Å². The number of rotatable bonds is 1. The summed E-state index contributed by atoms with van der Waals surface area (Å²) < 4.78 is 5.49. The van der Waals surface area contributed by atoms with Crippen LogP contribution in [0.1, 0.15) is 10.6 Å². The van der Waals surface area contributed by atoms with Gasteiger partial charge in [-0.2, -0.15) is 0 Å². The topological polar surface area (TPSA) is 55.0 Å². The van der Waals surface area contributed by atoms with Crippen LogP contribution in [0.15, 0.2) is 22.7 Å². The van der Waals surface area contributed by atoms with Crippen molar-refractivity contribution in [3.8, 4) is 0 Å². The number of aromatic nitrogens is 2. The number of H-pyrrole nitrogens is 1. The van der Waals surface area contributed by atoms with Crippen molar-refractivity contribution in [3.05, 3.63) is 28.5 Å². The number of halogens is 1. The normalized spacial score (nSPS) is 10.4. The molecule has 1 N–H and O–H groups in total. The van der Waals surface area contributed by atoms with E-state index >= 15 is 0 Å². The Morgan fingerprint density at radius 3 is 3.07 bits per heavy atom. The number of fused-ring (bicyclic) bond motifs is 1. The van der Waals surface area contributed by atoms with Crippen LogP contribution < -0.4 is 0 Å². The molecule has 0 aliphatic carbocycles. The summed E-state index contributed by atoms with van der Waals surface area (Å²) in [6.45, 7) is 0. The molecule has 0 fully saturated rings. The maximum absolute atomic E-state index is 11.1. The van der Waals surface area contributed by atoms with E-state index in [0.29, 0.717) is 0 Å². The minimum absolute atomic E-state index is 0.223. The highest BCUT2D eigenvalue weighted by atomic mass is 79.9. The standard InChI is InChI=1S/C9H7BrN2O2/c1-14-9(13)8-11-6-3-2-5(10)4-7(6)12-8/h2-4H,1H3,(H,11,12). The zero-order chi connectivity index (χ0) is 10.1. The minimum atomic E-state index is -0.461. The van der Waals surface area contributed by atoms with Gasteiger partial charge in [0.05, 0.1) is 18.1 Å². The minimum Gasteiger partial charge on any atom is -0.463 e. The number of methoxy groups -OCH3 is 1. The molecule has 0 bridgehead atoms. The van der Waals surface area contributed by atoms with Crippen molar-refractivity contribution in [2.75, 3.05) is 7.11 Å². The number of hydrogen-bond acceptors (Lipinski definition) is 3. The van der Waals surface area contributed by atoms with Crippen LogP contribution in [0.25, 0.3) is 11.0 Å². The Kier molecular flexibility index (Phi) is 2.25. The first-order chi connectivity index (χ1) is 6.70. The molecular formula is C9H7BrN2O2. The highest BCUT2D eigenvalue weighted by Gasteiger charge is 2.10. The van der Waals surface area contributed by atoms with Crippen LogP contribution in [0.4, 0.5) is 0 Å². The number of esters is 1. The van der Waals surface area contributed by atoms with Gasteiger partial charge in [-0.1, -0.05) is 15.9 Å². The van der Waals surface area contributed by atoms with Gasteiger partial charge in [0.1, 0.15) is 0 Å². The Morgan fingerprint density at radius 1 is 1.57 bits per heavy atom. The van der Waals surface area contributed by atoms with Gasteiger partial charge in [-0.05, 0) is 18.2 Å². The van der Waals surface area contributed by atoms with Gasteiger partial charge < -0.3 is 9.72 Å². The molecule has 0 aliphatic heterocycles. The molecule has 1 aromatic carbocycles. The Labute approximate surface area is 88.4 Å². The van der Waals surface area contributed by atoms with Gasteiger partial charge >= 0.3 is 5.97 Å². The first kappa shape index (κ1) is 9.21. The van der Waals surface area contributed by atoms with Gasteiger partial charge in [0, 0.05) is 4.47 Å². The van der Waals surface area contributed by atoms with Crippen molar-refractivity contribution in [2.45, 2.75) is 0 Å². The van der Waals surface area contributed by atoms with Crippen LogP contribution in [-0.4, -0.2) is 23.0 Å². The van der Waals surface area contributed by atoms with Crippen molar-refractivity contribution in [2.24, 2.45) is 0 Å². The van der Waals surface area contributed by atoms with E-state index in [2.05, 4.69) is 30.6 Å². The second-order valence-electron chi connectivity index (χ2n) is 2.74. The Hall–Kier alpha value is -1.36. The zero-order valence-corrected chi connectivity index (χ0v) is 8.96. The maximum atomic E-state index is 11.1. The predicted octanol–water partition coefficient (Wildman–Crippen LogP) is 2.11. The number of carbonyl (C=O) groups excluding carboxylic acids is 1. The van der Waals surface area contributed by atoms with E-state index in [1.165, 1.54) is 7.11 Å². The first-order valence-electron chi connectivity index (χ1n) is 3.94. The largest absolute Gasteiger partial charge is 0.463 e. The molecule has 4 nitrogen and oxygen atoms in total. The fraction of sp³-hybridized carbons (Fsp3) is 0.111. The Balaban J connectivity index is 2.56. The average molecular weight is 255 g/mol. The molecule has 0 unspecified atom stereocenters. The molecular weight excluding hydrogens is 248 g/mol. The van der Waals surface area contributed by atoms with Gasteiger partial charge in [0.2, 0.25) is 5.82 Å². The lowest BCUT2D eigenvalue weighted by atomic mass is 10.3. The van der Waals surface area contributed by atoms with Crippen LogP contribution in [0.2, 0.25) is 0 Å². The molecule has 0 amide bonds. The fourth-order valence-corrected chi connectivity index (χ4v) is 1.54. The van der Waals surface area contributed by atoms with E-state index < -0.39 is 5.97 Å². The molecule has 0 saturated carbocycles. The van der Waals surface area contributed by atoms with E-state index in [1.807, 2.05) is 18.2 Å². The number of carbonyl (C=O) groups is 1. The smallest absolute Gasteiger partial charge is 0.374 e. The van der Waals surface area contributed by atoms with Gasteiger partial charge in [-0.25, -0.2) is 9.78 Å². The number of aromatic amines is 1. The van der Waals surface area contributed by atoms with Crippen molar-refractivity contribution in [3.63, 3.8) is 0 Å². The number of benzene rings is 1. The molecule has 0 aliphatic rings. The SMILES string of the molecule is COC(=O)c1nc2ccc(Br)cc2[nH]1. The van der Waals surface area contributed by atoms with Crippen LogP contribution in [0, 0.1) is 0 Å². The van der Waals surface area contributed by atoms with Gasteiger partial charge in [0.15, 0.2) is 0 Å². The molecule has 0 radical (unpaired) electrons. The van der Waals surface area contributed by atoms with E-state index in [4.69, 9.17) is 0 Å². The third-order valence-corrected chi connectivity index (χ3v) is 2.32. The lowest BCUT2D eigenvalue weighted by molar-refractivity contribution is 0.0588. The van der Waals surface area contributed by atoms with Crippen molar-refractivity contribution in [1.29, 1.82) is 0 Å². The molecule has 2 rings (SSSR count). The molecule has 0 atom stereocenters. The summed E-state index contributed by atoms with van der Waals surface area (Å²) in [5, 5.41) is 0. The monoisotopic (exact) mass is 254 g/mol. The molecule has 72 valence electrons. The lowest BCUT2D eigenvalue weighted by Gasteiger charge is -1.90. The van der Waals surface area contributed by atoms with E-state index in [9.17, 15) is 4.79 Å². The Morgan fingerprint density at radius 2 is 2.36 bits per heavy atom. The van der Waals surface area contributed by atoms with Gasteiger partial charge in [0.25, 0.3) is 0 Å². The molecule has 1 heterocycles. The van der Waals surface area contributed by atoms with Crippen LogP contribution in [0.3, 0.4) is 0 Å². The molecule has 0 saturated heterocycles. The van der Waals surface area contributed by atoms with Gasteiger partial charge in [-0.15, -0.1) is 0 Å². The third kappa shape index (κ3) is 1.50. The number of nitrogens with zero attached hydrogens (tertiary/aromatic N) is 1. The molecule has 14 heavy (non-hydrogen) atoms. The number of hydrogen-bond donors (Lipinski definition) is 1. The predicted molar refractivity (Wildman–Crippen MR) is 55.1 cm³/mol. The summed E-state index contributed by atoms with van der Waals surface area (Å²) in [5.74, 6) is -0.238. The molecule has 1 aromatic heterocycles. The Bertz CT molecular complexity index is 493. The first-order valence-corrected chi connectivity index (χ1v) is 4.73. The highest BCUT2D eigenvalue weighted by Crippen LogP contribution is 2.17. The summed E-state index contributed by atoms with van der Waals surface area (Å²) in [5.41, 5.74) is 1.55. The summed E-state index contributed by atoms with van der Waals surface area (Å²) >= 11 is 3.33. The fourth-order valence-electron chi connectivity index (χ4n) is 1.18. The van der Waals surface area contributed by atoms with Crippen molar-refractivity contribution < 1.29 is 9.53 Å². The average Bonchev–Trinajstić information content (AvgIpc) is 2.59. The number of ether oxygens (including phenoxy) is 1. The quantitative estimate of drug-likeness (QED) is 0.794. The van der Waals surface area contributed by atoms with Gasteiger partial charge in [-0.3, -0.25) is 0 Å². The number of imidazole rings is 1. The maximum Gasteiger partial charge on any atom is 0.374 e.